The van der Waals surface area contributed by atoms with E-state index in [0.29, 0.717) is 5.02 Å². The Balaban J connectivity index is 1.80. The van der Waals surface area contributed by atoms with Gasteiger partial charge in [0.2, 0.25) is 0 Å². The van der Waals surface area contributed by atoms with Crippen LogP contribution in [-0.2, 0) is 14.9 Å². The summed E-state index contributed by atoms with van der Waals surface area (Å²) in [5.74, 6) is -0.328. The standard InChI is InChI=1S/C14H15Cl2NO2/c1-19-12(18)11(17)14-5-13(6-14,7-14)9-4-8(15)2-3-10(9)16/h2-4,11H,5-7,17H2,1H3. The minimum absolute atomic E-state index is 0.0631. The number of hydrogen-bond donors (Lipinski definition) is 1. The monoisotopic (exact) mass is 299 g/mol. The maximum Gasteiger partial charge on any atom is 0.323 e. The molecule has 0 heterocycles. The number of ether oxygens (including phenoxy) is 1. The predicted molar refractivity (Wildman–Crippen MR) is 74.4 cm³/mol. The molecule has 3 fully saturated rings. The van der Waals surface area contributed by atoms with Crippen molar-refractivity contribution in [3.63, 3.8) is 0 Å². The van der Waals surface area contributed by atoms with Crippen LogP contribution in [0.25, 0.3) is 0 Å². The molecule has 0 aromatic heterocycles. The molecule has 2 bridgehead atoms. The highest BCUT2D eigenvalue weighted by Gasteiger charge is 2.72. The number of rotatable bonds is 3. The molecule has 0 spiro atoms. The van der Waals surface area contributed by atoms with Gasteiger partial charge in [0.1, 0.15) is 6.04 Å². The van der Waals surface area contributed by atoms with Crippen LogP contribution < -0.4 is 5.73 Å². The molecule has 0 amide bonds. The molecule has 1 atom stereocenters. The van der Waals surface area contributed by atoms with Gasteiger partial charge in [-0.2, -0.15) is 0 Å². The lowest BCUT2D eigenvalue weighted by atomic mass is 9.31. The quantitative estimate of drug-likeness (QED) is 0.873. The zero-order chi connectivity index (χ0) is 13.8. The summed E-state index contributed by atoms with van der Waals surface area (Å²) in [6.45, 7) is 0. The first-order valence-corrected chi connectivity index (χ1v) is 6.97. The van der Waals surface area contributed by atoms with Crippen molar-refractivity contribution in [2.24, 2.45) is 11.1 Å². The molecule has 1 aromatic carbocycles. The third-order valence-corrected chi connectivity index (χ3v) is 5.25. The molecule has 4 rings (SSSR count). The van der Waals surface area contributed by atoms with Gasteiger partial charge in [-0.15, -0.1) is 0 Å². The van der Waals surface area contributed by atoms with E-state index in [2.05, 4.69) is 0 Å². The van der Waals surface area contributed by atoms with E-state index in [1.807, 2.05) is 12.1 Å². The molecule has 3 saturated carbocycles. The molecule has 1 aromatic rings. The van der Waals surface area contributed by atoms with Gasteiger partial charge in [-0.3, -0.25) is 4.79 Å². The number of nitrogens with two attached hydrogens (primary N) is 1. The Morgan fingerprint density at radius 2 is 2.00 bits per heavy atom. The van der Waals surface area contributed by atoms with Crippen LogP contribution in [0.15, 0.2) is 18.2 Å². The SMILES string of the molecule is COC(=O)C(N)C12CC(c3cc(Cl)ccc3Cl)(C1)C2. The van der Waals surface area contributed by atoms with Gasteiger partial charge in [0.15, 0.2) is 0 Å². The van der Waals surface area contributed by atoms with Crippen LogP contribution in [0.2, 0.25) is 10.0 Å². The van der Waals surface area contributed by atoms with E-state index in [1.165, 1.54) is 7.11 Å². The Morgan fingerprint density at radius 3 is 2.58 bits per heavy atom. The van der Waals surface area contributed by atoms with Gasteiger partial charge in [0.25, 0.3) is 0 Å². The minimum Gasteiger partial charge on any atom is -0.468 e. The first-order chi connectivity index (χ1) is 8.92. The van der Waals surface area contributed by atoms with Crippen molar-refractivity contribution >= 4 is 29.2 Å². The Labute approximate surface area is 122 Å². The van der Waals surface area contributed by atoms with Crippen LogP contribution in [0, 0.1) is 5.41 Å². The number of esters is 1. The molecule has 0 aliphatic heterocycles. The van der Waals surface area contributed by atoms with Gasteiger partial charge in [0.05, 0.1) is 7.11 Å². The van der Waals surface area contributed by atoms with Gasteiger partial charge in [-0.25, -0.2) is 0 Å². The van der Waals surface area contributed by atoms with Gasteiger partial charge >= 0.3 is 5.97 Å². The van der Waals surface area contributed by atoms with Crippen molar-refractivity contribution in [2.75, 3.05) is 7.11 Å². The number of hydrogen-bond acceptors (Lipinski definition) is 3. The number of carbonyl (C=O) groups excluding carboxylic acids is 1. The summed E-state index contributed by atoms with van der Waals surface area (Å²) in [6, 6.07) is 5.01. The Bertz CT molecular complexity index is 539. The molecule has 5 heteroatoms. The summed E-state index contributed by atoms with van der Waals surface area (Å²) >= 11 is 12.3. The summed E-state index contributed by atoms with van der Waals surface area (Å²) < 4.78 is 4.73. The molecule has 0 radical (unpaired) electrons. The average molecular weight is 300 g/mol. The maximum atomic E-state index is 11.5. The second-order valence-corrected chi connectivity index (χ2v) is 6.64. The van der Waals surface area contributed by atoms with Crippen molar-refractivity contribution in [2.45, 2.75) is 30.7 Å². The van der Waals surface area contributed by atoms with Crippen LogP contribution >= 0.6 is 23.2 Å². The zero-order valence-corrected chi connectivity index (χ0v) is 12.1. The van der Waals surface area contributed by atoms with E-state index in [9.17, 15) is 4.79 Å². The molecule has 19 heavy (non-hydrogen) atoms. The highest BCUT2D eigenvalue weighted by atomic mass is 35.5. The van der Waals surface area contributed by atoms with Gasteiger partial charge in [-0.1, -0.05) is 23.2 Å². The van der Waals surface area contributed by atoms with E-state index < -0.39 is 6.04 Å². The van der Waals surface area contributed by atoms with E-state index in [-0.39, 0.29) is 16.8 Å². The second-order valence-electron chi connectivity index (χ2n) is 5.80. The highest BCUT2D eigenvalue weighted by Crippen LogP contribution is 2.75. The van der Waals surface area contributed by atoms with E-state index in [0.717, 1.165) is 29.8 Å². The summed E-state index contributed by atoms with van der Waals surface area (Å²) in [6.07, 6.45) is 2.66. The van der Waals surface area contributed by atoms with Crippen molar-refractivity contribution in [3.8, 4) is 0 Å². The Kier molecular flexibility index (Phi) is 2.86. The molecular weight excluding hydrogens is 285 g/mol. The van der Waals surface area contributed by atoms with Crippen LogP contribution in [0.3, 0.4) is 0 Å². The lowest BCUT2D eigenvalue weighted by Crippen LogP contribution is -2.72. The summed E-state index contributed by atoms with van der Waals surface area (Å²) in [7, 11) is 1.37. The summed E-state index contributed by atoms with van der Waals surface area (Å²) in [5, 5.41) is 1.43. The Hall–Kier alpha value is -0.770. The van der Waals surface area contributed by atoms with E-state index in [4.69, 9.17) is 33.7 Å². The van der Waals surface area contributed by atoms with Crippen molar-refractivity contribution in [3.05, 3.63) is 33.8 Å². The van der Waals surface area contributed by atoms with Gasteiger partial charge < -0.3 is 10.5 Å². The van der Waals surface area contributed by atoms with Crippen molar-refractivity contribution in [1.82, 2.24) is 0 Å². The zero-order valence-electron chi connectivity index (χ0n) is 10.6. The fourth-order valence-corrected chi connectivity index (χ4v) is 4.25. The summed E-state index contributed by atoms with van der Waals surface area (Å²) in [4.78, 5) is 11.5. The van der Waals surface area contributed by atoms with E-state index in [1.54, 1.807) is 6.07 Å². The van der Waals surface area contributed by atoms with Gasteiger partial charge in [-0.05, 0) is 53.9 Å². The lowest BCUT2D eigenvalue weighted by Gasteiger charge is -2.72. The number of benzene rings is 1. The normalized spacial score (nSPS) is 33.1. The Morgan fingerprint density at radius 1 is 1.37 bits per heavy atom. The van der Waals surface area contributed by atoms with Crippen LogP contribution in [-0.4, -0.2) is 19.1 Å². The van der Waals surface area contributed by atoms with Crippen molar-refractivity contribution < 1.29 is 9.53 Å². The lowest BCUT2D eigenvalue weighted by molar-refractivity contribution is -0.181. The summed E-state index contributed by atoms with van der Waals surface area (Å²) in [5.41, 5.74) is 7.03. The van der Waals surface area contributed by atoms with Crippen LogP contribution in [0.1, 0.15) is 24.8 Å². The topological polar surface area (TPSA) is 52.3 Å². The number of carbonyl (C=O) groups is 1. The first-order valence-electron chi connectivity index (χ1n) is 6.21. The molecule has 1 unspecified atom stereocenters. The molecule has 102 valence electrons. The highest BCUT2D eigenvalue weighted by molar-refractivity contribution is 6.33. The fraction of sp³-hybridized carbons (Fsp3) is 0.500. The van der Waals surface area contributed by atoms with Crippen LogP contribution in [0.4, 0.5) is 0 Å². The number of halogens is 2. The third-order valence-electron chi connectivity index (χ3n) is 4.69. The first kappa shape index (κ1) is 13.2. The number of methoxy groups -OCH3 is 1. The van der Waals surface area contributed by atoms with E-state index >= 15 is 0 Å². The molecule has 3 nitrogen and oxygen atoms in total. The average Bonchev–Trinajstić information content (AvgIpc) is 2.29. The molecular formula is C14H15Cl2NO2. The van der Waals surface area contributed by atoms with Gasteiger partial charge in [0, 0.05) is 10.0 Å². The predicted octanol–water partition coefficient (Wildman–Crippen LogP) is 2.92. The molecule has 3 aliphatic rings. The molecule has 0 saturated heterocycles. The smallest absolute Gasteiger partial charge is 0.323 e. The third kappa shape index (κ3) is 1.72. The van der Waals surface area contributed by atoms with Crippen LogP contribution in [0.5, 0.6) is 0 Å². The second kappa shape index (κ2) is 4.11. The fourth-order valence-electron chi connectivity index (χ4n) is 3.76. The molecule has 3 aliphatic carbocycles. The minimum atomic E-state index is -0.530. The maximum absolute atomic E-state index is 11.5. The molecule has 2 N–H and O–H groups in total. The van der Waals surface area contributed by atoms with Crippen molar-refractivity contribution in [1.29, 1.82) is 0 Å². The largest absolute Gasteiger partial charge is 0.468 e.